The molecule has 2 aliphatic rings. The van der Waals surface area contributed by atoms with E-state index in [4.69, 9.17) is 9.68 Å². The van der Waals surface area contributed by atoms with E-state index in [1.54, 1.807) is 6.07 Å². The summed E-state index contributed by atoms with van der Waals surface area (Å²) >= 11 is 0. The standard InChI is InChI=1S/C21H23FN4O3/c22-14-9-16(11-23)26(12-14)20(27)13-25-7-5-15(6-8-25)24-18-10-21(28)29-19-4-2-1-3-17(18)19/h1-4,10,14-16,24H,5-9,12-13H2/t14-,16?/m0/s1. The Balaban J connectivity index is 1.34. The number of para-hydroxylation sites is 1. The molecule has 0 radical (unpaired) electrons. The number of fused-ring (bicyclic) bond motifs is 1. The molecule has 1 amide bonds. The van der Waals surface area contributed by atoms with Crippen LogP contribution in [0.3, 0.4) is 0 Å². The number of nitrogens with one attached hydrogen (secondary N) is 1. The third-order valence-electron chi connectivity index (χ3n) is 5.68. The van der Waals surface area contributed by atoms with Gasteiger partial charge in [-0.15, -0.1) is 0 Å². The van der Waals surface area contributed by atoms with Crippen molar-refractivity contribution >= 4 is 22.6 Å². The van der Waals surface area contributed by atoms with E-state index < -0.39 is 17.8 Å². The molecule has 152 valence electrons. The number of nitriles is 1. The summed E-state index contributed by atoms with van der Waals surface area (Å²) in [6.07, 6.45) is 0.620. The Labute approximate surface area is 167 Å². The molecule has 8 heteroatoms. The molecule has 0 bridgehead atoms. The SMILES string of the molecule is N#CC1C[C@H](F)CN1C(=O)CN1CCC(Nc2cc(=O)oc3ccccc23)CC1. The van der Waals surface area contributed by atoms with Crippen LogP contribution in [0.15, 0.2) is 39.5 Å². The van der Waals surface area contributed by atoms with Gasteiger partial charge in [0.05, 0.1) is 24.8 Å². The predicted octanol–water partition coefficient (Wildman–Crippen LogP) is 2.13. The highest BCUT2D eigenvalue weighted by Gasteiger charge is 2.36. The second-order valence-electron chi connectivity index (χ2n) is 7.69. The first-order valence-electron chi connectivity index (χ1n) is 9.88. The lowest BCUT2D eigenvalue weighted by Gasteiger charge is -2.33. The van der Waals surface area contributed by atoms with Crippen LogP contribution in [-0.2, 0) is 4.79 Å². The Bertz CT molecular complexity index is 993. The fraction of sp³-hybridized carbons (Fsp3) is 0.476. The van der Waals surface area contributed by atoms with Gasteiger partial charge in [-0.3, -0.25) is 9.69 Å². The number of anilines is 1. The van der Waals surface area contributed by atoms with Crippen molar-refractivity contribution in [1.82, 2.24) is 9.80 Å². The molecule has 1 N–H and O–H groups in total. The second kappa shape index (κ2) is 8.21. The summed E-state index contributed by atoms with van der Waals surface area (Å²) in [5.74, 6) is -0.185. The minimum Gasteiger partial charge on any atom is -0.423 e. The van der Waals surface area contributed by atoms with E-state index in [1.807, 2.05) is 29.2 Å². The minimum atomic E-state index is -1.11. The maximum atomic E-state index is 13.6. The monoisotopic (exact) mass is 398 g/mol. The van der Waals surface area contributed by atoms with Crippen LogP contribution in [0.2, 0.25) is 0 Å². The predicted molar refractivity (Wildman–Crippen MR) is 106 cm³/mol. The van der Waals surface area contributed by atoms with Crippen molar-refractivity contribution in [1.29, 1.82) is 5.26 Å². The van der Waals surface area contributed by atoms with Crippen LogP contribution in [0.4, 0.5) is 10.1 Å². The molecule has 1 aromatic heterocycles. The number of carbonyl (C=O) groups excluding carboxylic acids is 1. The topological polar surface area (TPSA) is 89.6 Å². The highest BCUT2D eigenvalue weighted by Crippen LogP contribution is 2.25. The summed E-state index contributed by atoms with van der Waals surface area (Å²) < 4.78 is 18.8. The zero-order valence-corrected chi connectivity index (χ0v) is 16.0. The van der Waals surface area contributed by atoms with Gasteiger partial charge in [0.1, 0.15) is 17.8 Å². The molecule has 7 nitrogen and oxygen atoms in total. The first-order chi connectivity index (χ1) is 14.0. The van der Waals surface area contributed by atoms with Crippen molar-refractivity contribution in [3.63, 3.8) is 0 Å². The molecular weight excluding hydrogens is 375 g/mol. The van der Waals surface area contributed by atoms with Gasteiger partial charge < -0.3 is 14.6 Å². The van der Waals surface area contributed by atoms with Gasteiger partial charge in [-0.2, -0.15) is 5.26 Å². The highest BCUT2D eigenvalue weighted by molar-refractivity contribution is 5.89. The maximum Gasteiger partial charge on any atom is 0.338 e. The molecule has 0 aliphatic carbocycles. The van der Waals surface area contributed by atoms with Crippen LogP contribution in [0.25, 0.3) is 11.0 Å². The lowest BCUT2D eigenvalue weighted by atomic mass is 10.0. The number of rotatable bonds is 4. The van der Waals surface area contributed by atoms with E-state index in [-0.39, 0.29) is 31.5 Å². The van der Waals surface area contributed by atoms with Gasteiger partial charge in [0.25, 0.3) is 0 Å². The Hall–Kier alpha value is -2.92. The fourth-order valence-corrected chi connectivity index (χ4v) is 4.15. The quantitative estimate of drug-likeness (QED) is 0.794. The van der Waals surface area contributed by atoms with E-state index in [9.17, 15) is 14.0 Å². The van der Waals surface area contributed by atoms with E-state index in [1.165, 1.54) is 11.0 Å². The van der Waals surface area contributed by atoms with Crippen LogP contribution < -0.4 is 10.9 Å². The van der Waals surface area contributed by atoms with E-state index in [0.717, 1.165) is 23.9 Å². The molecule has 4 rings (SSSR count). The zero-order valence-electron chi connectivity index (χ0n) is 16.0. The van der Waals surface area contributed by atoms with Gasteiger partial charge in [0.15, 0.2) is 0 Å². The normalized spacial score (nSPS) is 23.2. The number of amides is 1. The van der Waals surface area contributed by atoms with Gasteiger partial charge in [-0.1, -0.05) is 12.1 Å². The van der Waals surface area contributed by atoms with Crippen molar-refractivity contribution in [2.24, 2.45) is 0 Å². The Morgan fingerprint density at radius 3 is 2.83 bits per heavy atom. The summed E-state index contributed by atoms with van der Waals surface area (Å²) in [6.45, 7) is 1.65. The van der Waals surface area contributed by atoms with Crippen LogP contribution in [0.1, 0.15) is 19.3 Å². The van der Waals surface area contributed by atoms with Gasteiger partial charge in [0.2, 0.25) is 5.91 Å². The Morgan fingerprint density at radius 2 is 2.07 bits per heavy atom. The van der Waals surface area contributed by atoms with E-state index in [2.05, 4.69) is 5.32 Å². The summed E-state index contributed by atoms with van der Waals surface area (Å²) in [5, 5.41) is 13.4. The number of piperidine rings is 1. The van der Waals surface area contributed by atoms with Crippen LogP contribution in [0.5, 0.6) is 0 Å². The maximum absolute atomic E-state index is 13.6. The second-order valence-corrected chi connectivity index (χ2v) is 7.69. The number of benzene rings is 1. The minimum absolute atomic E-state index is 0.0126. The molecule has 2 aromatic rings. The van der Waals surface area contributed by atoms with Crippen molar-refractivity contribution in [2.75, 3.05) is 31.5 Å². The summed E-state index contributed by atoms with van der Waals surface area (Å²) in [6, 6.07) is 10.4. The summed E-state index contributed by atoms with van der Waals surface area (Å²) in [5.41, 5.74) is 0.918. The van der Waals surface area contributed by atoms with E-state index in [0.29, 0.717) is 18.7 Å². The Morgan fingerprint density at radius 1 is 1.31 bits per heavy atom. The smallest absolute Gasteiger partial charge is 0.338 e. The number of halogens is 1. The van der Waals surface area contributed by atoms with Crippen molar-refractivity contribution in [3.8, 4) is 6.07 Å². The third kappa shape index (κ3) is 4.25. The van der Waals surface area contributed by atoms with Gasteiger partial charge in [-0.25, -0.2) is 9.18 Å². The number of nitrogens with zero attached hydrogens (tertiary/aromatic N) is 3. The molecule has 1 aromatic carbocycles. The Kier molecular flexibility index (Phi) is 5.49. The fourth-order valence-electron chi connectivity index (χ4n) is 4.15. The highest BCUT2D eigenvalue weighted by atomic mass is 19.1. The average Bonchev–Trinajstić information content (AvgIpc) is 3.10. The zero-order chi connectivity index (χ0) is 20.4. The van der Waals surface area contributed by atoms with Crippen LogP contribution in [-0.4, -0.2) is 60.1 Å². The van der Waals surface area contributed by atoms with Crippen molar-refractivity contribution < 1.29 is 13.6 Å². The van der Waals surface area contributed by atoms with Gasteiger partial charge in [0, 0.05) is 37.0 Å². The van der Waals surface area contributed by atoms with Gasteiger partial charge >= 0.3 is 5.63 Å². The lowest BCUT2D eigenvalue weighted by molar-refractivity contribution is -0.132. The molecule has 3 heterocycles. The number of hydrogen-bond acceptors (Lipinski definition) is 6. The molecule has 29 heavy (non-hydrogen) atoms. The van der Waals surface area contributed by atoms with E-state index >= 15 is 0 Å². The number of carbonyl (C=O) groups is 1. The van der Waals surface area contributed by atoms with Crippen LogP contribution in [0, 0.1) is 11.3 Å². The molecule has 2 saturated heterocycles. The third-order valence-corrected chi connectivity index (χ3v) is 5.68. The molecule has 0 saturated carbocycles. The lowest BCUT2D eigenvalue weighted by Crippen LogP contribution is -2.46. The largest absolute Gasteiger partial charge is 0.423 e. The number of likely N-dealkylation sites (tertiary alicyclic amines) is 2. The molecule has 0 spiro atoms. The average molecular weight is 398 g/mol. The van der Waals surface area contributed by atoms with Gasteiger partial charge in [-0.05, 0) is 25.0 Å². The van der Waals surface area contributed by atoms with Crippen LogP contribution >= 0.6 is 0 Å². The first-order valence-corrected chi connectivity index (χ1v) is 9.88. The molecule has 2 aliphatic heterocycles. The first kappa shape index (κ1) is 19.4. The molecular formula is C21H23FN4O3. The number of hydrogen-bond donors (Lipinski definition) is 1. The summed E-state index contributed by atoms with van der Waals surface area (Å²) in [7, 11) is 0. The molecule has 2 atom stereocenters. The molecule has 2 fully saturated rings. The summed E-state index contributed by atoms with van der Waals surface area (Å²) in [4.78, 5) is 27.7. The van der Waals surface area contributed by atoms with Crippen molar-refractivity contribution in [3.05, 3.63) is 40.8 Å². The van der Waals surface area contributed by atoms with Crippen molar-refractivity contribution in [2.45, 2.75) is 37.5 Å². The number of alkyl halides is 1. The molecule has 1 unspecified atom stereocenters.